The van der Waals surface area contributed by atoms with Crippen LogP contribution in [0.5, 0.6) is 0 Å². The highest BCUT2D eigenvalue weighted by Crippen LogP contribution is 2.06. The Kier molecular flexibility index (Phi) is 2.90. The van der Waals surface area contributed by atoms with E-state index in [1.807, 2.05) is 4.57 Å². The number of carbonyl (C=O) groups is 1. The molecule has 0 radical (unpaired) electrons. The highest BCUT2D eigenvalue weighted by atomic mass is 35.5. The largest absolute Gasteiger partial charge is 0.476 e. The van der Waals surface area contributed by atoms with E-state index in [0.29, 0.717) is 6.54 Å². The second-order valence-electron chi connectivity index (χ2n) is 2.72. The number of hydrogen-bond donors (Lipinski definition) is 2. The number of halogens is 1. The summed E-state index contributed by atoms with van der Waals surface area (Å²) in [5, 5.41) is 11.8. The summed E-state index contributed by atoms with van der Waals surface area (Å²) >= 11 is 0. The van der Waals surface area contributed by atoms with Crippen molar-refractivity contribution < 1.29 is 9.90 Å². The molecule has 1 aromatic heterocycles. The summed E-state index contributed by atoms with van der Waals surface area (Å²) < 4.78 is 1.87. The van der Waals surface area contributed by atoms with Gasteiger partial charge in [0.2, 0.25) is 0 Å². The van der Waals surface area contributed by atoms with Gasteiger partial charge in [-0.05, 0) is 0 Å². The Balaban J connectivity index is 0.000000845. The van der Waals surface area contributed by atoms with Crippen molar-refractivity contribution in [3.63, 3.8) is 0 Å². The van der Waals surface area contributed by atoms with E-state index >= 15 is 0 Å². The molecule has 5 nitrogen and oxygen atoms in total. The van der Waals surface area contributed by atoms with Crippen LogP contribution in [0.15, 0.2) is 6.20 Å². The lowest BCUT2D eigenvalue weighted by atomic mass is 10.4. The van der Waals surface area contributed by atoms with Crippen LogP contribution in [0, 0.1) is 0 Å². The van der Waals surface area contributed by atoms with Crippen LogP contribution >= 0.6 is 12.4 Å². The van der Waals surface area contributed by atoms with Crippen LogP contribution in [0.4, 0.5) is 0 Å². The molecule has 13 heavy (non-hydrogen) atoms. The molecule has 2 heterocycles. The van der Waals surface area contributed by atoms with Gasteiger partial charge >= 0.3 is 5.97 Å². The van der Waals surface area contributed by atoms with Crippen molar-refractivity contribution >= 4 is 18.4 Å². The number of nitrogens with one attached hydrogen (secondary N) is 1. The number of carboxylic acids is 1. The average Bonchev–Trinajstić information content (AvgIpc) is 2.46. The SMILES string of the molecule is Cl.O=C(O)c1cn2c(n1)CNCC2. The lowest BCUT2D eigenvalue weighted by molar-refractivity contribution is 0.0691. The van der Waals surface area contributed by atoms with E-state index in [1.165, 1.54) is 0 Å². The molecule has 0 saturated carbocycles. The summed E-state index contributed by atoms with van der Waals surface area (Å²) in [5.41, 5.74) is 0.133. The molecule has 0 amide bonds. The maximum Gasteiger partial charge on any atom is 0.356 e. The fourth-order valence-electron chi connectivity index (χ4n) is 1.29. The summed E-state index contributed by atoms with van der Waals surface area (Å²) in [4.78, 5) is 14.5. The lowest BCUT2D eigenvalue weighted by Gasteiger charge is -2.13. The standard InChI is InChI=1S/C7H9N3O2.ClH/c11-7(12)5-4-10-2-1-8-3-6(10)9-5;/h4,8H,1-3H2,(H,11,12);1H. The molecule has 0 bridgehead atoms. The smallest absolute Gasteiger partial charge is 0.356 e. The van der Waals surface area contributed by atoms with Gasteiger partial charge < -0.3 is 15.0 Å². The van der Waals surface area contributed by atoms with E-state index in [-0.39, 0.29) is 18.1 Å². The van der Waals surface area contributed by atoms with Gasteiger partial charge in [-0.2, -0.15) is 0 Å². The van der Waals surface area contributed by atoms with Gasteiger partial charge in [0.25, 0.3) is 0 Å². The van der Waals surface area contributed by atoms with E-state index in [9.17, 15) is 4.79 Å². The average molecular weight is 204 g/mol. The van der Waals surface area contributed by atoms with Crippen LogP contribution in [-0.2, 0) is 13.1 Å². The molecule has 0 aromatic carbocycles. The minimum absolute atomic E-state index is 0. The number of aromatic carboxylic acids is 1. The molecular formula is C7H10ClN3O2. The zero-order chi connectivity index (χ0) is 8.55. The first-order valence-electron chi connectivity index (χ1n) is 3.77. The Labute approximate surface area is 81.2 Å². The van der Waals surface area contributed by atoms with Gasteiger partial charge in [0, 0.05) is 19.3 Å². The number of nitrogens with zero attached hydrogens (tertiary/aromatic N) is 2. The van der Waals surface area contributed by atoms with Crippen molar-refractivity contribution in [2.75, 3.05) is 6.54 Å². The zero-order valence-corrected chi connectivity index (χ0v) is 7.67. The third-order valence-electron chi connectivity index (χ3n) is 1.89. The zero-order valence-electron chi connectivity index (χ0n) is 6.86. The van der Waals surface area contributed by atoms with Crippen molar-refractivity contribution in [3.05, 3.63) is 17.7 Å². The van der Waals surface area contributed by atoms with E-state index in [0.717, 1.165) is 18.9 Å². The van der Waals surface area contributed by atoms with Gasteiger partial charge in [0.1, 0.15) is 5.82 Å². The molecular weight excluding hydrogens is 194 g/mol. The summed E-state index contributed by atoms with van der Waals surface area (Å²) in [6, 6.07) is 0. The normalized spacial score (nSPS) is 14.5. The third-order valence-corrected chi connectivity index (χ3v) is 1.89. The molecule has 0 saturated heterocycles. The Morgan fingerprint density at radius 3 is 3.08 bits per heavy atom. The quantitative estimate of drug-likeness (QED) is 0.680. The van der Waals surface area contributed by atoms with Crippen LogP contribution in [0.3, 0.4) is 0 Å². The van der Waals surface area contributed by atoms with Crippen molar-refractivity contribution in [3.8, 4) is 0 Å². The summed E-state index contributed by atoms with van der Waals surface area (Å²) in [5.74, 6) is -0.157. The molecule has 0 atom stereocenters. The number of aromatic nitrogens is 2. The highest BCUT2D eigenvalue weighted by Gasteiger charge is 2.14. The first-order valence-corrected chi connectivity index (χ1v) is 3.77. The fourth-order valence-corrected chi connectivity index (χ4v) is 1.29. The minimum atomic E-state index is -0.961. The van der Waals surface area contributed by atoms with Crippen LogP contribution in [-0.4, -0.2) is 27.2 Å². The van der Waals surface area contributed by atoms with E-state index in [4.69, 9.17) is 5.11 Å². The van der Waals surface area contributed by atoms with Gasteiger partial charge in [0.15, 0.2) is 5.69 Å². The van der Waals surface area contributed by atoms with Crippen LogP contribution in [0.1, 0.15) is 16.3 Å². The number of fused-ring (bicyclic) bond motifs is 1. The maximum absolute atomic E-state index is 10.5. The monoisotopic (exact) mass is 203 g/mol. The van der Waals surface area contributed by atoms with E-state index in [2.05, 4.69) is 10.3 Å². The topological polar surface area (TPSA) is 67.1 Å². The predicted molar refractivity (Wildman–Crippen MR) is 48.1 cm³/mol. The molecule has 1 aromatic rings. The molecule has 0 aliphatic carbocycles. The van der Waals surface area contributed by atoms with Gasteiger partial charge in [-0.1, -0.05) is 0 Å². The number of carboxylic acid groups (broad SMARTS) is 1. The molecule has 2 rings (SSSR count). The first-order chi connectivity index (χ1) is 5.77. The van der Waals surface area contributed by atoms with Crippen molar-refractivity contribution in [2.24, 2.45) is 0 Å². The number of rotatable bonds is 1. The Hall–Kier alpha value is -1.07. The van der Waals surface area contributed by atoms with Gasteiger partial charge in [-0.25, -0.2) is 9.78 Å². The van der Waals surface area contributed by atoms with Gasteiger partial charge in [-0.3, -0.25) is 0 Å². The molecule has 0 unspecified atom stereocenters. The van der Waals surface area contributed by atoms with Crippen molar-refractivity contribution in [1.82, 2.24) is 14.9 Å². The second-order valence-corrected chi connectivity index (χ2v) is 2.72. The Morgan fingerprint density at radius 2 is 2.46 bits per heavy atom. The predicted octanol–water partition coefficient (Wildman–Crippen LogP) is 0.106. The Morgan fingerprint density at radius 1 is 1.69 bits per heavy atom. The van der Waals surface area contributed by atoms with E-state index < -0.39 is 5.97 Å². The van der Waals surface area contributed by atoms with Crippen LogP contribution in [0.25, 0.3) is 0 Å². The summed E-state index contributed by atoms with van der Waals surface area (Å²) in [6.07, 6.45) is 1.58. The van der Waals surface area contributed by atoms with E-state index in [1.54, 1.807) is 6.20 Å². The molecule has 0 fully saturated rings. The summed E-state index contributed by atoms with van der Waals surface area (Å²) in [6.45, 7) is 2.34. The molecule has 1 aliphatic heterocycles. The first kappa shape index (κ1) is 10.0. The van der Waals surface area contributed by atoms with Crippen LogP contribution < -0.4 is 5.32 Å². The number of hydrogen-bond acceptors (Lipinski definition) is 3. The second kappa shape index (κ2) is 3.76. The van der Waals surface area contributed by atoms with Gasteiger partial charge in [-0.15, -0.1) is 12.4 Å². The molecule has 72 valence electrons. The summed E-state index contributed by atoms with van der Waals surface area (Å²) in [7, 11) is 0. The van der Waals surface area contributed by atoms with Crippen LogP contribution in [0.2, 0.25) is 0 Å². The Bertz CT molecular complexity index is 300. The molecule has 0 spiro atoms. The third kappa shape index (κ3) is 1.81. The van der Waals surface area contributed by atoms with Crippen molar-refractivity contribution in [2.45, 2.75) is 13.1 Å². The van der Waals surface area contributed by atoms with Gasteiger partial charge in [0.05, 0.1) is 6.54 Å². The van der Waals surface area contributed by atoms with Crippen molar-refractivity contribution in [1.29, 1.82) is 0 Å². The lowest BCUT2D eigenvalue weighted by Crippen LogP contribution is -2.27. The minimum Gasteiger partial charge on any atom is -0.476 e. The number of imidazole rings is 1. The maximum atomic E-state index is 10.5. The highest BCUT2D eigenvalue weighted by molar-refractivity contribution is 5.85. The molecule has 6 heteroatoms. The fraction of sp³-hybridized carbons (Fsp3) is 0.429. The molecule has 1 aliphatic rings. The molecule has 2 N–H and O–H groups in total.